The van der Waals surface area contributed by atoms with Gasteiger partial charge in [0.15, 0.2) is 36.1 Å². The van der Waals surface area contributed by atoms with Crippen molar-refractivity contribution in [3.8, 4) is 0 Å². The number of ether oxygens (including phenoxy) is 6. The minimum atomic E-state index is -2.47. The highest BCUT2D eigenvalue weighted by Gasteiger charge is 2.78. The van der Waals surface area contributed by atoms with Crippen molar-refractivity contribution in [3.63, 3.8) is 0 Å². The number of halogens is 1. The van der Waals surface area contributed by atoms with Gasteiger partial charge < -0.3 is 89.7 Å². The molecule has 0 amide bonds. The van der Waals surface area contributed by atoms with Crippen molar-refractivity contribution >= 4 is 11.6 Å². The summed E-state index contributed by atoms with van der Waals surface area (Å²) in [4.78, 5) is 27.9. The van der Waals surface area contributed by atoms with Gasteiger partial charge in [-0.25, -0.2) is 4.39 Å². The van der Waals surface area contributed by atoms with Crippen molar-refractivity contribution in [3.05, 3.63) is 23.8 Å². The average molecular weight is 879 g/mol. The van der Waals surface area contributed by atoms with Crippen LogP contribution in [-0.2, 0) is 38.0 Å². The average Bonchev–Trinajstić information content (AvgIpc) is 3.45. The smallest absolute Gasteiger partial charge is 0.191 e. The molecule has 0 aromatic carbocycles. The Morgan fingerprint density at radius 3 is 1.82 bits per heavy atom. The van der Waals surface area contributed by atoms with Gasteiger partial charge in [0.05, 0.1) is 25.9 Å². The number of carbonyl (C=O) groups is 2. The first-order chi connectivity index (χ1) is 28.7. The Kier molecular flexibility index (Phi) is 13.2. The molecular formula is C40H59FO20. The van der Waals surface area contributed by atoms with Gasteiger partial charge in [-0.15, -0.1) is 0 Å². The molecule has 4 aliphatic carbocycles. The minimum absolute atomic E-state index is 0.0561. The van der Waals surface area contributed by atoms with E-state index in [4.69, 9.17) is 28.4 Å². The number of rotatable bonds is 11. The Morgan fingerprint density at radius 1 is 0.754 bits per heavy atom. The third-order valence-electron chi connectivity index (χ3n) is 15.1. The molecule has 6 fully saturated rings. The van der Waals surface area contributed by atoms with Gasteiger partial charge in [-0.2, -0.15) is 0 Å². The Morgan fingerprint density at radius 2 is 1.26 bits per heavy atom. The van der Waals surface area contributed by atoms with Crippen molar-refractivity contribution in [1.82, 2.24) is 0 Å². The number of hydrogen-bond acceptors (Lipinski definition) is 20. The third kappa shape index (κ3) is 7.11. The van der Waals surface area contributed by atoms with Crippen LogP contribution in [0.3, 0.4) is 0 Å². The van der Waals surface area contributed by atoms with E-state index >= 15 is 9.18 Å². The second-order valence-electron chi connectivity index (χ2n) is 18.2. The maximum absolute atomic E-state index is 19.2. The first kappa shape index (κ1) is 47.0. The van der Waals surface area contributed by atoms with E-state index in [9.17, 15) is 66.1 Å². The molecule has 61 heavy (non-hydrogen) atoms. The number of hydrogen-bond donors (Lipinski definition) is 12. The lowest BCUT2D eigenvalue weighted by Crippen LogP contribution is -2.72. The molecule has 0 unspecified atom stereocenters. The van der Waals surface area contributed by atoms with E-state index in [1.165, 1.54) is 18.2 Å². The van der Waals surface area contributed by atoms with Crippen LogP contribution in [0.4, 0.5) is 4.39 Å². The van der Waals surface area contributed by atoms with Crippen molar-refractivity contribution < 1.29 is 104 Å². The highest BCUT2D eigenvalue weighted by atomic mass is 19.1. The first-order valence-electron chi connectivity index (χ1n) is 20.7. The molecule has 7 aliphatic rings. The van der Waals surface area contributed by atoms with Crippen LogP contribution in [0.15, 0.2) is 23.8 Å². The van der Waals surface area contributed by atoms with E-state index in [0.29, 0.717) is 5.57 Å². The molecule has 0 radical (unpaired) electrons. The first-order valence-corrected chi connectivity index (χ1v) is 20.7. The Balaban J connectivity index is 1.34. The van der Waals surface area contributed by atoms with Crippen LogP contribution in [0.25, 0.3) is 0 Å². The molecule has 3 saturated heterocycles. The molecule has 0 aromatic rings. The summed E-state index contributed by atoms with van der Waals surface area (Å²) >= 11 is 0. The summed E-state index contributed by atoms with van der Waals surface area (Å²) in [5.74, 6) is -4.07. The number of aliphatic hydroxyl groups is 12. The highest BCUT2D eigenvalue weighted by Crippen LogP contribution is 2.72. The summed E-state index contributed by atoms with van der Waals surface area (Å²) in [6, 6.07) is 0. The molecular weight excluding hydrogens is 819 g/mol. The molecule has 346 valence electrons. The van der Waals surface area contributed by atoms with Gasteiger partial charge in [-0.05, 0) is 56.6 Å². The van der Waals surface area contributed by atoms with Gasteiger partial charge in [0.1, 0.15) is 85.5 Å². The fraction of sp³-hybridized carbons (Fsp3) is 0.850. The summed E-state index contributed by atoms with van der Waals surface area (Å²) in [7, 11) is 0. The van der Waals surface area contributed by atoms with Crippen molar-refractivity contribution in [2.24, 2.45) is 28.6 Å². The topological polar surface area (TPSA) is 332 Å². The zero-order valence-corrected chi connectivity index (χ0v) is 33.9. The van der Waals surface area contributed by atoms with E-state index in [-0.39, 0.29) is 25.0 Å². The Bertz CT molecular complexity index is 1700. The number of alkyl halides is 1. The highest BCUT2D eigenvalue weighted by molar-refractivity contribution is 6.01. The number of aliphatic hydroxyl groups excluding tert-OH is 12. The van der Waals surface area contributed by atoms with Crippen molar-refractivity contribution in [2.75, 3.05) is 26.4 Å². The van der Waals surface area contributed by atoms with E-state index in [1.807, 2.05) is 0 Å². The van der Waals surface area contributed by atoms with E-state index < -0.39 is 177 Å². The molecule has 3 aliphatic heterocycles. The fourth-order valence-electron chi connectivity index (χ4n) is 11.7. The monoisotopic (exact) mass is 878 g/mol. The maximum Gasteiger partial charge on any atom is 0.191 e. The second kappa shape index (κ2) is 17.1. The SMILES string of the molecule is C[C@@H]1C[C@H]2[C@@H]3CCC4=CC(=O)C=C[C@]4(C)[C@@]3(F)[C@@H](O[C@@H]3O[C@H](CO)[C@H](O)[C@H](O)[C@H]3O)C[C@]2(C)[C@@]1(O[C@@H]1O[C@H](CO)[C@H](O)[C@H](O)[C@H]1O)C(=O)CO[C@@H]1O[C@H](CO)[C@H](O)[C@H](O)[C@H]1O. The van der Waals surface area contributed by atoms with Gasteiger partial charge in [-0.1, -0.05) is 25.5 Å². The van der Waals surface area contributed by atoms with Gasteiger partial charge >= 0.3 is 0 Å². The number of Topliss-reactive ketones (excluding diaryl/α,β-unsaturated/α-hetero) is 1. The van der Waals surface area contributed by atoms with Gasteiger partial charge in [0.2, 0.25) is 0 Å². The number of ketones is 2. The van der Waals surface area contributed by atoms with Gasteiger partial charge in [-0.3, -0.25) is 9.59 Å². The summed E-state index contributed by atoms with van der Waals surface area (Å²) in [5, 5.41) is 126. The zero-order valence-electron chi connectivity index (χ0n) is 33.9. The van der Waals surface area contributed by atoms with Crippen LogP contribution in [0.2, 0.25) is 0 Å². The number of fused-ring (bicyclic) bond motifs is 5. The van der Waals surface area contributed by atoms with Gasteiger partial charge in [0.25, 0.3) is 0 Å². The molecule has 21 heteroatoms. The van der Waals surface area contributed by atoms with E-state index in [1.54, 1.807) is 20.8 Å². The van der Waals surface area contributed by atoms with E-state index in [0.717, 1.165) is 0 Å². The summed E-state index contributed by atoms with van der Waals surface area (Å²) in [6.45, 7) is 1.34. The predicted molar refractivity (Wildman–Crippen MR) is 198 cm³/mol. The normalized spacial score (nSPS) is 53.5. The third-order valence-corrected chi connectivity index (χ3v) is 15.1. The lowest BCUT2D eigenvalue weighted by Gasteiger charge is -2.64. The van der Waals surface area contributed by atoms with Gasteiger partial charge in [0, 0.05) is 16.7 Å². The van der Waals surface area contributed by atoms with Crippen LogP contribution in [-0.4, -0.2) is 209 Å². The summed E-state index contributed by atoms with van der Waals surface area (Å²) < 4.78 is 54.9. The van der Waals surface area contributed by atoms with Crippen LogP contribution in [0, 0.1) is 28.6 Å². The lowest BCUT2D eigenvalue weighted by atomic mass is 9.44. The van der Waals surface area contributed by atoms with Crippen molar-refractivity contribution in [1.29, 1.82) is 0 Å². The van der Waals surface area contributed by atoms with Crippen molar-refractivity contribution in [2.45, 2.75) is 156 Å². The quantitative estimate of drug-likeness (QED) is 0.0929. The van der Waals surface area contributed by atoms with Crippen LogP contribution < -0.4 is 0 Å². The number of carbonyl (C=O) groups excluding carboxylic acids is 2. The Hall–Kier alpha value is -1.97. The second-order valence-corrected chi connectivity index (χ2v) is 18.2. The largest absolute Gasteiger partial charge is 0.394 e. The maximum atomic E-state index is 19.2. The lowest BCUT2D eigenvalue weighted by molar-refractivity contribution is -0.356. The van der Waals surface area contributed by atoms with Crippen LogP contribution in [0.5, 0.6) is 0 Å². The van der Waals surface area contributed by atoms with E-state index in [2.05, 4.69) is 0 Å². The molecule has 0 spiro atoms. The minimum Gasteiger partial charge on any atom is -0.394 e. The predicted octanol–water partition coefficient (Wildman–Crippen LogP) is -4.63. The summed E-state index contributed by atoms with van der Waals surface area (Å²) in [5.41, 5.74) is -7.42. The molecule has 3 saturated carbocycles. The molecule has 23 atom stereocenters. The molecule has 0 aromatic heterocycles. The molecule has 7 rings (SSSR count). The van der Waals surface area contributed by atoms with Crippen LogP contribution >= 0.6 is 0 Å². The molecule has 0 bridgehead atoms. The molecule has 12 N–H and O–H groups in total. The standard InChI is InChI=1S/C40H59FO20/c1-15-8-19-18-5-4-16-9-17(45)6-7-37(16,2)39(18,41)24(60-35-32(54)29(51)26(48)21(12-43)58-35)10-38(19,3)40(15,61-36-33(55)30(52)27(49)22(13-44)59-36)23(46)14-56-34-31(53)28(50)25(47)20(11-42)57-34/h6-7,9,15,18-22,24-36,42-44,47-55H,4-5,8,10-14H2,1-3H3/t15-,18+,19+,20-,21-,22-,24+,25+,26+,27+,28+,29+,30+,31-,32-,33-,34-,35+,36+,37+,38+,39+,40+/m1/s1. The summed E-state index contributed by atoms with van der Waals surface area (Å²) in [6.07, 6.45) is -24.8. The van der Waals surface area contributed by atoms with Crippen LogP contribution in [0.1, 0.15) is 46.5 Å². The Labute approximate surface area is 349 Å². The number of allylic oxidation sites excluding steroid dienone is 4. The fourth-order valence-corrected chi connectivity index (χ4v) is 11.7. The molecule has 3 heterocycles. The molecule has 20 nitrogen and oxygen atoms in total. The zero-order chi connectivity index (χ0) is 44.7.